The quantitative estimate of drug-likeness (QED) is 0.594. The number of rotatable bonds is 1. The largest absolute Gasteiger partial charge is 0.508 e. The molecule has 0 radical (unpaired) electrons. The van der Waals surface area contributed by atoms with Crippen molar-refractivity contribution in [2.75, 3.05) is 0 Å². The monoisotopic (exact) mass is 201 g/mol. The van der Waals surface area contributed by atoms with Crippen LogP contribution in [0.5, 0.6) is 5.75 Å². The van der Waals surface area contributed by atoms with Gasteiger partial charge in [0.2, 0.25) is 0 Å². The molecule has 3 rings (SSSR count). The molecule has 2 aromatic heterocycles. The molecule has 74 valence electrons. The van der Waals surface area contributed by atoms with E-state index in [2.05, 4.69) is 4.98 Å². The number of aromatic hydroxyl groups is 1. The van der Waals surface area contributed by atoms with Crippen molar-refractivity contribution >= 4 is 28.4 Å². The number of benzene rings is 1. The summed E-state index contributed by atoms with van der Waals surface area (Å²) in [7, 11) is 0. The Labute approximate surface area is 84.1 Å². The van der Waals surface area contributed by atoms with E-state index in [0.717, 1.165) is 17.2 Å². The lowest BCUT2D eigenvalue weighted by molar-refractivity contribution is 0.111. The van der Waals surface area contributed by atoms with Crippen molar-refractivity contribution in [2.24, 2.45) is 0 Å². The van der Waals surface area contributed by atoms with Gasteiger partial charge in [-0.1, -0.05) is 0 Å². The number of phenolic OH excluding ortho intramolecular Hbond substituents is 1. The molecular weight excluding hydrogens is 194 g/mol. The lowest BCUT2D eigenvalue weighted by atomic mass is 10.2. The Morgan fingerprint density at radius 2 is 2.13 bits per heavy atom. The van der Waals surface area contributed by atoms with Crippen LogP contribution in [0, 0.1) is 0 Å². The highest BCUT2D eigenvalue weighted by molar-refractivity contribution is 6.04. The average Bonchev–Trinajstić information content (AvgIpc) is 2.73. The second-order valence-electron chi connectivity index (χ2n) is 3.36. The third-order valence-corrected chi connectivity index (χ3v) is 2.38. The van der Waals surface area contributed by atoms with E-state index in [0.29, 0.717) is 16.9 Å². The highest BCUT2D eigenvalue weighted by Gasteiger charge is 2.10. The Morgan fingerprint density at radius 3 is 2.93 bits per heavy atom. The van der Waals surface area contributed by atoms with Gasteiger partial charge in [0.1, 0.15) is 11.3 Å². The number of nitrogens with one attached hydrogen (secondary N) is 1. The van der Waals surface area contributed by atoms with Crippen LogP contribution < -0.4 is 0 Å². The summed E-state index contributed by atoms with van der Waals surface area (Å²) in [6.07, 6.45) is 0.738. The van der Waals surface area contributed by atoms with E-state index < -0.39 is 0 Å². The van der Waals surface area contributed by atoms with Gasteiger partial charge in [-0.3, -0.25) is 4.79 Å². The van der Waals surface area contributed by atoms with Gasteiger partial charge < -0.3 is 14.5 Å². The number of fused-ring (bicyclic) bond motifs is 3. The minimum Gasteiger partial charge on any atom is -0.508 e. The second kappa shape index (κ2) is 2.63. The topological polar surface area (TPSA) is 66.2 Å². The third kappa shape index (κ3) is 1.05. The van der Waals surface area contributed by atoms with Gasteiger partial charge in [-0.15, -0.1) is 0 Å². The first-order chi connectivity index (χ1) is 7.28. The molecule has 0 aliphatic heterocycles. The normalized spacial score (nSPS) is 11.2. The molecule has 15 heavy (non-hydrogen) atoms. The summed E-state index contributed by atoms with van der Waals surface area (Å²) in [5.74, 6) is 0.162. The molecule has 0 unspecified atom stereocenters. The summed E-state index contributed by atoms with van der Waals surface area (Å²) in [5, 5.41) is 10.1. The van der Waals surface area contributed by atoms with Crippen molar-refractivity contribution in [3.05, 3.63) is 30.0 Å². The van der Waals surface area contributed by atoms with Crippen LogP contribution >= 0.6 is 0 Å². The van der Waals surface area contributed by atoms with E-state index in [9.17, 15) is 9.90 Å². The standard InChI is InChI=1S/C11H7NO3/c13-5-6-3-10-11(12-6)8-2-1-7(14)4-9(8)15-10/h1-5,12,14H. The average molecular weight is 201 g/mol. The van der Waals surface area contributed by atoms with E-state index in [1.165, 1.54) is 0 Å². The zero-order valence-corrected chi connectivity index (χ0v) is 7.65. The summed E-state index contributed by atoms with van der Waals surface area (Å²) < 4.78 is 5.47. The molecule has 0 amide bonds. The molecule has 3 aromatic rings. The van der Waals surface area contributed by atoms with E-state index in [4.69, 9.17) is 4.42 Å². The minimum absolute atomic E-state index is 0.162. The van der Waals surface area contributed by atoms with Crippen molar-refractivity contribution in [3.63, 3.8) is 0 Å². The molecule has 1 aromatic carbocycles. The number of carbonyl (C=O) groups is 1. The maximum atomic E-state index is 10.6. The van der Waals surface area contributed by atoms with Gasteiger partial charge in [-0.2, -0.15) is 0 Å². The van der Waals surface area contributed by atoms with Crippen LogP contribution in [0.4, 0.5) is 0 Å². The third-order valence-electron chi connectivity index (χ3n) is 2.38. The van der Waals surface area contributed by atoms with Crippen molar-refractivity contribution in [3.8, 4) is 5.75 Å². The second-order valence-corrected chi connectivity index (χ2v) is 3.36. The number of aromatic nitrogens is 1. The van der Waals surface area contributed by atoms with Crippen LogP contribution in [0.3, 0.4) is 0 Å². The molecule has 0 saturated heterocycles. The SMILES string of the molecule is O=Cc1cc2oc3cc(O)ccc3c2[nH]1. The van der Waals surface area contributed by atoms with Crippen LogP contribution in [0.25, 0.3) is 22.1 Å². The molecular formula is C11H7NO3. The van der Waals surface area contributed by atoms with E-state index in [-0.39, 0.29) is 5.75 Å². The smallest absolute Gasteiger partial charge is 0.166 e. The van der Waals surface area contributed by atoms with Crippen LogP contribution in [-0.2, 0) is 0 Å². The molecule has 0 fully saturated rings. The Bertz CT molecular complexity index is 663. The van der Waals surface area contributed by atoms with Crippen molar-refractivity contribution < 1.29 is 14.3 Å². The molecule has 0 aliphatic carbocycles. The predicted octanol–water partition coefficient (Wildman–Crippen LogP) is 2.43. The molecule has 2 heterocycles. The summed E-state index contributed by atoms with van der Waals surface area (Å²) >= 11 is 0. The number of carbonyl (C=O) groups excluding carboxylic acids is 1. The number of aldehydes is 1. The predicted molar refractivity (Wildman–Crippen MR) is 55.1 cm³/mol. The van der Waals surface area contributed by atoms with E-state index in [1.54, 1.807) is 24.3 Å². The van der Waals surface area contributed by atoms with Crippen molar-refractivity contribution in [1.82, 2.24) is 4.98 Å². The molecule has 0 bridgehead atoms. The molecule has 0 spiro atoms. The summed E-state index contributed by atoms with van der Waals surface area (Å²) in [4.78, 5) is 13.5. The van der Waals surface area contributed by atoms with E-state index >= 15 is 0 Å². The van der Waals surface area contributed by atoms with Gasteiger partial charge in [0.15, 0.2) is 11.9 Å². The van der Waals surface area contributed by atoms with Crippen molar-refractivity contribution in [2.45, 2.75) is 0 Å². The van der Waals surface area contributed by atoms with Gasteiger partial charge in [0.25, 0.3) is 0 Å². The van der Waals surface area contributed by atoms with Crippen LogP contribution in [-0.4, -0.2) is 16.4 Å². The first-order valence-electron chi connectivity index (χ1n) is 4.47. The molecule has 2 N–H and O–H groups in total. The zero-order valence-electron chi connectivity index (χ0n) is 7.65. The van der Waals surface area contributed by atoms with E-state index in [1.807, 2.05) is 0 Å². The molecule has 0 aliphatic rings. The number of H-pyrrole nitrogens is 1. The van der Waals surface area contributed by atoms with Gasteiger partial charge in [-0.25, -0.2) is 0 Å². The fourth-order valence-electron chi connectivity index (χ4n) is 1.72. The molecule has 0 saturated carbocycles. The Kier molecular flexibility index (Phi) is 1.42. The van der Waals surface area contributed by atoms with Gasteiger partial charge >= 0.3 is 0 Å². The van der Waals surface area contributed by atoms with Gasteiger partial charge in [-0.05, 0) is 12.1 Å². The van der Waals surface area contributed by atoms with Gasteiger partial charge in [0, 0.05) is 17.5 Å². The molecule has 0 atom stereocenters. The first-order valence-corrected chi connectivity index (χ1v) is 4.47. The zero-order chi connectivity index (χ0) is 10.4. The molecule has 4 heteroatoms. The number of hydrogen-bond donors (Lipinski definition) is 2. The lowest BCUT2D eigenvalue weighted by Gasteiger charge is -1.90. The van der Waals surface area contributed by atoms with Crippen LogP contribution in [0.2, 0.25) is 0 Å². The van der Waals surface area contributed by atoms with Crippen LogP contribution in [0.15, 0.2) is 28.7 Å². The summed E-state index contributed by atoms with van der Waals surface area (Å²) in [6.45, 7) is 0. The maximum absolute atomic E-state index is 10.6. The van der Waals surface area contributed by atoms with Crippen LogP contribution in [0.1, 0.15) is 10.5 Å². The number of phenols is 1. The lowest BCUT2D eigenvalue weighted by Crippen LogP contribution is -1.75. The number of hydrogen-bond acceptors (Lipinski definition) is 3. The highest BCUT2D eigenvalue weighted by Crippen LogP contribution is 2.30. The highest BCUT2D eigenvalue weighted by atomic mass is 16.3. The number of furan rings is 1. The fourth-order valence-corrected chi connectivity index (χ4v) is 1.72. The Morgan fingerprint density at radius 1 is 1.27 bits per heavy atom. The van der Waals surface area contributed by atoms with Crippen molar-refractivity contribution in [1.29, 1.82) is 0 Å². The Hall–Kier alpha value is -2.23. The molecule has 4 nitrogen and oxygen atoms in total. The number of aromatic amines is 1. The first kappa shape index (κ1) is 8.11. The Balaban J connectivity index is 2.45. The maximum Gasteiger partial charge on any atom is 0.166 e. The summed E-state index contributed by atoms with van der Waals surface area (Å²) in [6, 6.07) is 6.52. The minimum atomic E-state index is 0.162. The fraction of sp³-hybridized carbons (Fsp3) is 0. The van der Waals surface area contributed by atoms with Gasteiger partial charge in [0.05, 0.1) is 11.2 Å². The summed E-state index contributed by atoms with van der Waals surface area (Å²) in [5.41, 5.74) is 2.50.